The molecule has 3 N–H and O–H groups in total. The zero-order valence-corrected chi connectivity index (χ0v) is 14.5. The standard InChI is InChI=1S/C12H12BrClN2O2S2/c1-7-10(3-2-4-11(7)20(15,17)18)16-6-8-5-9(13)12(14)19-8/h2-5,16H,6H2,1H3,(H2,15,17,18). The summed E-state index contributed by atoms with van der Waals surface area (Å²) in [7, 11) is -3.71. The van der Waals surface area contributed by atoms with Crippen LogP contribution in [0.5, 0.6) is 0 Å². The van der Waals surface area contributed by atoms with Crippen LogP contribution >= 0.6 is 38.9 Å². The van der Waals surface area contributed by atoms with Gasteiger partial charge < -0.3 is 5.32 Å². The van der Waals surface area contributed by atoms with Crippen LogP contribution in [0.2, 0.25) is 4.34 Å². The molecule has 20 heavy (non-hydrogen) atoms. The zero-order chi connectivity index (χ0) is 14.9. The molecule has 0 unspecified atom stereocenters. The number of primary sulfonamides is 1. The number of nitrogens with two attached hydrogens (primary N) is 1. The maximum absolute atomic E-state index is 11.5. The number of rotatable bonds is 4. The summed E-state index contributed by atoms with van der Waals surface area (Å²) in [5, 5.41) is 8.37. The third kappa shape index (κ3) is 3.53. The molecule has 0 saturated heterocycles. The first kappa shape index (κ1) is 15.8. The van der Waals surface area contributed by atoms with E-state index in [0.717, 1.165) is 15.0 Å². The number of benzene rings is 1. The van der Waals surface area contributed by atoms with Crippen LogP contribution in [0, 0.1) is 6.92 Å². The first-order chi connectivity index (χ1) is 9.29. The first-order valence-corrected chi connectivity index (χ1v) is 9.12. The van der Waals surface area contributed by atoms with Crippen molar-refractivity contribution in [3.05, 3.63) is 43.5 Å². The van der Waals surface area contributed by atoms with Crippen molar-refractivity contribution in [3.8, 4) is 0 Å². The van der Waals surface area contributed by atoms with Gasteiger partial charge in [-0.1, -0.05) is 17.7 Å². The summed E-state index contributed by atoms with van der Waals surface area (Å²) in [6.45, 7) is 2.28. The Morgan fingerprint density at radius 3 is 2.70 bits per heavy atom. The van der Waals surface area contributed by atoms with Crippen molar-refractivity contribution in [2.45, 2.75) is 18.4 Å². The number of halogens is 2. The number of anilines is 1. The Balaban J connectivity index is 2.22. The molecule has 4 nitrogen and oxygen atoms in total. The van der Waals surface area contributed by atoms with Crippen LogP contribution in [0.25, 0.3) is 0 Å². The molecular weight excluding hydrogens is 384 g/mol. The maximum Gasteiger partial charge on any atom is 0.238 e. The van der Waals surface area contributed by atoms with Crippen molar-refractivity contribution in [1.29, 1.82) is 0 Å². The second-order valence-electron chi connectivity index (χ2n) is 4.16. The Kier molecular flexibility index (Phi) is 4.76. The number of nitrogens with one attached hydrogen (secondary N) is 1. The Bertz CT molecular complexity index is 724. The lowest BCUT2D eigenvalue weighted by molar-refractivity contribution is 0.597. The minimum atomic E-state index is -3.71. The molecule has 0 saturated carbocycles. The van der Waals surface area contributed by atoms with E-state index in [0.29, 0.717) is 16.4 Å². The Labute approximate surface area is 135 Å². The van der Waals surface area contributed by atoms with Crippen molar-refractivity contribution in [2.75, 3.05) is 5.32 Å². The fraction of sp³-hybridized carbons (Fsp3) is 0.167. The van der Waals surface area contributed by atoms with Crippen molar-refractivity contribution in [1.82, 2.24) is 0 Å². The van der Waals surface area contributed by atoms with Gasteiger partial charge >= 0.3 is 0 Å². The summed E-state index contributed by atoms with van der Waals surface area (Å²) in [6.07, 6.45) is 0. The van der Waals surface area contributed by atoms with Gasteiger partial charge in [-0.2, -0.15) is 0 Å². The predicted molar refractivity (Wildman–Crippen MR) is 86.9 cm³/mol. The van der Waals surface area contributed by atoms with E-state index in [1.54, 1.807) is 13.0 Å². The highest BCUT2D eigenvalue weighted by Gasteiger charge is 2.13. The van der Waals surface area contributed by atoms with Crippen molar-refractivity contribution >= 4 is 54.6 Å². The second kappa shape index (κ2) is 6.03. The monoisotopic (exact) mass is 394 g/mol. The predicted octanol–water partition coefficient (Wildman–Crippen LogP) is 3.73. The third-order valence-electron chi connectivity index (χ3n) is 2.74. The fourth-order valence-corrected chi connectivity index (χ4v) is 4.31. The van der Waals surface area contributed by atoms with Gasteiger partial charge in [0.15, 0.2) is 0 Å². The highest BCUT2D eigenvalue weighted by atomic mass is 79.9. The van der Waals surface area contributed by atoms with Crippen molar-refractivity contribution in [2.24, 2.45) is 5.14 Å². The molecule has 108 valence electrons. The second-order valence-corrected chi connectivity index (χ2v) is 8.28. The van der Waals surface area contributed by atoms with E-state index in [1.807, 2.05) is 12.1 Å². The SMILES string of the molecule is Cc1c(NCc2cc(Br)c(Cl)s2)cccc1S(N)(=O)=O. The van der Waals surface area contributed by atoms with Gasteiger partial charge in [-0.3, -0.25) is 0 Å². The van der Waals surface area contributed by atoms with Gasteiger partial charge in [-0.05, 0) is 46.6 Å². The molecule has 2 aromatic rings. The fourth-order valence-electron chi connectivity index (χ4n) is 1.78. The smallest absolute Gasteiger partial charge is 0.238 e. The lowest BCUT2D eigenvalue weighted by Crippen LogP contribution is -2.14. The van der Waals surface area contributed by atoms with Crippen LogP contribution < -0.4 is 10.5 Å². The summed E-state index contributed by atoms with van der Waals surface area (Å²) in [4.78, 5) is 1.18. The number of sulfonamides is 1. The lowest BCUT2D eigenvalue weighted by atomic mass is 10.2. The molecule has 2 rings (SSSR count). The number of hydrogen-bond acceptors (Lipinski definition) is 4. The van der Waals surface area contributed by atoms with Gasteiger partial charge in [0.2, 0.25) is 10.0 Å². The molecule has 0 aliphatic heterocycles. The summed E-state index contributed by atoms with van der Waals surface area (Å²) >= 11 is 10.8. The Morgan fingerprint density at radius 1 is 1.45 bits per heavy atom. The highest BCUT2D eigenvalue weighted by Crippen LogP contribution is 2.32. The van der Waals surface area contributed by atoms with Gasteiger partial charge in [-0.25, -0.2) is 13.6 Å². The van der Waals surface area contributed by atoms with Crippen LogP contribution in [0.4, 0.5) is 5.69 Å². The highest BCUT2D eigenvalue weighted by molar-refractivity contribution is 9.10. The van der Waals surface area contributed by atoms with Crippen molar-refractivity contribution in [3.63, 3.8) is 0 Å². The minimum absolute atomic E-state index is 0.132. The van der Waals surface area contributed by atoms with Crippen LogP contribution in [-0.4, -0.2) is 8.42 Å². The van der Waals surface area contributed by atoms with Crippen molar-refractivity contribution < 1.29 is 8.42 Å². The topological polar surface area (TPSA) is 72.2 Å². The largest absolute Gasteiger partial charge is 0.380 e. The molecule has 0 amide bonds. The van der Waals surface area contributed by atoms with Gasteiger partial charge in [0.1, 0.15) is 4.34 Å². The lowest BCUT2D eigenvalue weighted by Gasteiger charge is -2.11. The zero-order valence-electron chi connectivity index (χ0n) is 10.5. The number of hydrogen-bond donors (Lipinski definition) is 2. The van der Waals surface area contributed by atoms with Crippen LogP contribution in [0.3, 0.4) is 0 Å². The maximum atomic E-state index is 11.5. The minimum Gasteiger partial charge on any atom is -0.380 e. The van der Waals surface area contributed by atoms with Gasteiger partial charge in [0.05, 0.1) is 4.90 Å². The quantitative estimate of drug-likeness (QED) is 0.828. The van der Waals surface area contributed by atoms with Crippen LogP contribution in [0.1, 0.15) is 10.4 Å². The van der Waals surface area contributed by atoms with Gasteiger partial charge in [0, 0.05) is 21.6 Å². The summed E-state index contributed by atoms with van der Waals surface area (Å²) in [5.74, 6) is 0. The molecule has 0 radical (unpaired) electrons. The molecule has 1 aromatic carbocycles. The Hall–Kier alpha value is -0.600. The van der Waals surface area contributed by atoms with E-state index in [9.17, 15) is 8.42 Å². The average Bonchev–Trinajstić information content (AvgIpc) is 2.66. The summed E-state index contributed by atoms with van der Waals surface area (Å²) in [5.41, 5.74) is 1.34. The molecule has 0 aliphatic carbocycles. The molecule has 0 atom stereocenters. The summed E-state index contributed by atoms with van der Waals surface area (Å²) in [6, 6.07) is 6.90. The normalized spacial score (nSPS) is 11.6. The van der Waals surface area contributed by atoms with E-state index in [2.05, 4.69) is 21.2 Å². The van der Waals surface area contributed by atoms with Crippen LogP contribution in [-0.2, 0) is 16.6 Å². The molecule has 8 heteroatoms. The Morgan fingerprint density at radius 2 is 2.15 bits per heavy atom. The van der Waals surface area contributed by atoms with Crippen LogP contribution in [0.15, 0.2) is 33.6 Å². The van der Waals surface area contributed by atoms with E-state index in [4.69, 9.17) is 16.7 Å². The molecular formula is C12H12BrClN2O2S2. The molecule has 1 heterocycles. The third-order valence-corrected chi connectivity index (χ3v) is 6.27. The van der Waals surface area contributed by atoms with Gasteiger partial charge in [0.25, 0.3) is 0 Å². The van der Waals surface area contributed by atoms with E-state index in [1.165, 1.54) is 17.4 Å². The molecule has 0 spiro atoms. The average molecular weight is 396 g/mol. The van der Waals surface area contributed by atoms with Gasteiger partial charge in [-0.15, -0.1) is 11.3 Å². The first-order valence-electron chi connectivity index (χ1n) is 5.59. The molecule has 1 aromatic heterocycles. The number of thiophene rings is 1. The molecule has 0 fully saturated rings. The van der Waals surface area contributed by atoms with E-state index >= 15 is 0 Å². The molecule has 0 aliphatic rings. The van der Waals surface area contributed by atoms with E-state index in [-0.39, 0.29) is 4.90 Å². The molecule has 0 bridgehead atoms. The summed E-state index contributed by atoms with van der Waals surface area (Å²) < 4.78 is 24.5. The van der Waals surface area contributed by atoms with E-state index < -0.39 is 10.0 Å².